The first-order valence-electron chi connectivity index (χ1n) is 8.59. The molecule has 0 radical (unpaired) electrons. The van der Waals surface area contributed by atoms with Crippen molar-refractivity contribution in [2.45, 2.75) is 31.3 Å². The van der Waals surface area contributed by atoms with Crippen molar-refractivity contribution in [3.63, 3.8) is 0 Å². The Balaban J connectivity index is 1.69. The number of aromatic nitrogens is 1. The lowest BCUT2D eigenvalue weighted by Crippen LogP contribution is -2.21. The molecule has 0 amide bonds. The minimum Gasteiger partial charge on any atom is -0.359 e. The lowest BCUT2D eigenvalue weighted by atomic mass is 10.1. The summed E-state index contributed by atoms with van der Waals surface area (Å²) in [6.07, 6.45) is 0. The van der Waals surface area contributed by atoms with Gasteiger partial charge in [0.15, 0.2) is 5.76 Å². The Morgan fingerprint density at radius 1 is 1.11 bits per heavy atom. The van der Waals surface area contributed by atoms with Crippen LogP contribution in [0.15, 0.2) is 64.0 Å². The summed E-state index contributed by atoms with van der Waals surface area (Å²) < 4.78 is 28.2. The number of sulfonamides is 1. The van der Waals surface area contributed by atoms with E-state index in [0.717, 1.165) is 22.6 Å². The molecule has 1 heterocycles. The second-order valence-corrected chi connectivity index (χ2v) is 8.31. The topological polar surface area (TPSA) is 89.4 Å². The molecule has 2 aromatic carbocycles. The Morgan fingerprint density at radius 2 is 1.74 bits per heavy atom. The summed E-state index contributed by atoms with van der Waals surface area (Å²) >= 11 is 0. The second kappa shape index (κ2) is 7.64. The molecule has 0 aliphatic carbocycles. The van der Waals surface area contributed by atoms with Crippen molar-refractivity contribution in [3.8, 4) is 11.3 Å². The van der Waals surface area contributed by atoms with E-state index in [1.54, 1.807) is 12.1 Å². The highest BCUT2D eigenvalue weighted by Gasteiger charge is 2.16. The summed E-state index contributed by atoms with van der Waals surface area (Å²) in [5.74, 6) is 0.765. The predicted octanol–water partition coefficient (Wildman–Crippen LogP) is 3.49. The van der Waals surface area contributed by atoms with E-state index in [2.05, 4.69) is 10.1 Å². The number of hydrogen-bond donors (Lipinski definition) is 1. The van der Waals surface area contributed by atoms with Gasteiger partial charge in [0.25, 0.3) is 0 Å². The number of nitrogens with zero attached hydrogens (tertiary/aromatic N) is 2. The molecule has 0 fully saturated rings. The smallest absolute Gasteiger partial charge is 0.238 e. The second-order valence-electron chi connectivity index (χ2n) is 6.75. The fourth-order valence-corrected chi connectivity index (χ4v) is 3.34. The molecule has 0 aliphatic rings. The zero-order valence-corrected chi connectivity index (χ0v) is 16.4. The van der Waals surface area contributed by atoms with Gasteiger partial charge in [-0.15, -0.1) is 0 Å². The Labute approximate surface area is 159 Å². The van der Waals surface area contributed by atoms with Crippen LogP contribution in [-0.2, 0) is 16.6 Å². The fourth-order valence-electron chi connectivity index (χ4n) is 2.82. The van der Waals surface area contributed by atoms with Crippen LogP contribution < -0.4 is 5.14 Å². The molecule has 0 spiro atoms. The highest BCUT2D eigenvalue weighted by Crippen LogP contribution is 2.24. The number of nitrogens with two attached hydrogens (primary N) is 1. The molecule has 142 valence electrons. The Bertz CT molecular complexity index is 1010. The molecular formula is C20H23N3O3S. The largest absolute Gasteiger partial charge is 0.359 e. The monoisotopic (exact) mass is 385 g/mol. The quantitative estimate of drug-likeness (QED) is 0.701. The van der Waals surface area contributed by atoms with Gasteiger partial charge in [0.2, 0.25) is 10.0 Å². The molecule has 3 rings (SSSR count). The van der Waals surface area contributed by atoms with Gasteiger partial charge in [-0.05, 0) is 38.6 Å². The van der Waals surface area contributed by atoms with E-state index in [1.165, 1.54) is 17.7 Å². The van der Waals surface area contributed by atoms with Gasteiger partial charge in [-0.3, -0.25) is 4.90 Å². The third-order valence-corrected chi connectivity index (χ3v) is 5.59. The first kappa shape index (κ1) is 19.3. The van der Waals surface area contributed by atoms with Crippen LogP contribution in [0.3, 0.4) is 0 Å². The van der Waals surface area contributed by atoms with Crippen molar-refractivity contribution in [2.75, 3.05) is 7.05 Å². The zero-order chi connectivity index (χ0) is 19.6. The summed E-state index contributed by atoms with van der Waals surface area (Å²) in [6.45, 7) is 4.67. The van der Waals surface area contributed by atoms with E-state index in [0.29, 0.717) is 6.54 Å². The van der Waals surface area contributed by atoms with Gasteiger partial charge >= 0.3 is 0 Å². The molecule has 27 heavy (non-hydrogen) atoms. The van der Waals surface area contributed by atoms with E-state index in [-0.39, 0.29) is 10.9 Å². The van der Waals surface area contributed by atoms with Gasteiger partial charge in [-0.25, -0.2) is 13.6 Å². The Kier molecular flexibility index (Phi) is 5.46. The molecule has 0 saturated heterocycles. The molecule has 2 N–H and O–H groups in total. The van der Waals surface area contributed by atoms with Crippen molar-refractivity contribution in [1.29, 1.82) is 0 Å². The lowest BCUT2D eigenvalue weighted by molar-refractivity contribution is 0.221. The first-order chi connectivity index (χ1) is 12.7. The third-order valence-electron chi connectivity index (χ3n) is 4.66. The predicted molar refractivity (Wildman–Crippen MR) is 104 cm³/mol. The molecular weight excluding hydrogens is 362 g/mol. The maximum Gasteiger partial charge on any atom is 0.238 e. The normalized spacial score (nSPS) is 13.1. The summed E-state index contributed by atoms with van der Waals surface area (Å²) in [6, 6.07) is 16.7. The number of benzene rings is 2. The number of rotatable bonds is 6. The van der Waals surface area contributed by atoms with Crippen molar-refractivity contribution in [3.05, 3.63) is 71.5 Å². The third kappa shape index (κ3) is 4.63. The zero-order valence-electron chi connectivity index (χ0n) is 15.6. The van der Waals surface area contributed by atoms with Crippen LogP contribution in [0.25, 0.3) is 11.3 Å². The molecule has 7 heteroatoms. The highest BCUT2D eigenvalue weighted by atomic mass is 32.2. The van der Waals surface area contributed by atoms with Crippen LogP contribution in [0.2, 0.25) is 0 Å². The van der Waals surface area contributed by atoms with Crippen LogP contribution in [0.1, 0.15) is 29.9 Å². The maximum absolute atomic E-state index is 11.4. The first-order valence-corrected chi connectivity index (χ1v) is 10.1. The Hall–Kier alpha value is -2.48. The summed E-state index contributed by atoms with van der Waals surface area (Å²) in [7, 11) is -1.70. The van der Waals surface area contributed by atoms with Crippen LogP contribution in [0, 0.1) is 6.92 Å². The fraction of sp³-hybridized carbons (Fsp3) is 0.250. The Morgan fingerprint density at radius 3 is 2.33 bits per heavy atom. The number of hydrogen-bond acceptors (Lipinski definition) is 5. The van der Waals surface area contributed by atoms with Crippen LogP contribution >= 0.6 is 0 Å². The molecule has 1 atom stereocenters. The maximum atomic E-state index is 11.4. The molecule has 0 unspecified atom stereocenters. The van der Waals surface area contributed by atoms with Crippen LogP contribution in [0.5, 0.6) is 0 Å². The van der Waals surface area contributed by atoms with Crippen molar-refractivity contribution >= 4 is 10.0 Å². The number of primary sulfonamides is 1. The van der Waals surface area contributed by atoms with Crippen molar-refractivity contribution < 1.29 is 12.9 Å². The SMILES string of the molecule is Cc1ccc(-c2cc(CN(C)[C@@H](C)c3ccc(S(N)(=O)=O)cc3)on2)cc1. The molecule has 0 aliphatic heterocycles. The van der Waals surface area contributed by atoms with Crippen molar-refractivity contribution in [1.82, 2.24) is 10.1 Å². The van der Waals surface area contributed by atoms with Crippen LogP contribution in [-0.4, -0.2) is 25.5 Å². The van der Waals surface area contributed by atoms with E-state index >= 15 is 0 Å². The highest BCUT2D eigenvalue weighted by molar-refractivity contribution is 7.89. The summed E-state index contributed by atoms with van der Waals surface area (Å²) in [4.78, 5) is 2.21. The standard InChI is InChI=1S/C20H23N3O3S/c1-14-4-6-17(7-5-14)20-12-18(26-22-20)13-23(3)15(2)16-8-10-19(11-9-16)27(21,24)25/h4-12,15H,13H2,1-3H3,(H2,21,24,25)/t15-/m0/s1. The lowest BCUT2D eigenvalue weighted by Gasteiger charge is -2.24. The average molecular weight is 385 g/mol. The molecule has 0 bridgehead atoms. The molecule has 0 saturated carbocycles. The van der Waals surface area contributed by atoms with Crippen LogP contribution in [0.4, 0.5) is 0 Å². The van der Waals surface area contributed by atoms with Gasteiger partial charge in [-0.2, -0.15) is 0 Å². The van der Waals surface area contributed by atoms with Gasteiger partial charge in [0.1, 0.15) is 5.69 Å². The minimum absolute atomic E-state index is 0.0625. The summed E-state index contributed by atoms with van der Waals surface area (Å²) in [5, 5.41) is 9.30. The van der Waals surface area contributed by atoms with E-state index in [4.69, 9.17) is 9.66 Å². The van der Waals surface area contributed by atoms with Gasteiger partial charge in [0.05, 0.1) is 11.4 Å². The molecule has 6 nitrogen and oxygen atoms in total. The van der Waals surface area contributed by atoms with Gasteiger partial charge in [-0.1, -0.05) is 47.1 Å². The van der Waals surface area contributed by atoms with Gasteiger partial charge in [0, 0.05) is 17.7 Å². The molecule has 1 aromatic heterocycles. The minimum atomic E-state index is -3.68. The summed E-state index contributed by atoms with van der Waals surface area (Å²) in [5.41, 5.74) is 4.01. The molecule has 3 aromatic rings. The van der Waals surface area contributed by atoms with E-state index in [9.17, 15) is 8.42 Å². The van der Waals surface area contributed by atoms with E-state index in [1.807, 2.05) is 51.2 Å². The van der Waals surface area contributed by atoms with Crippen molar-refractivity contribution in [2.24, 2.45) is 5.14 Å². The average Bonchev–Trinajstić information content (AvgIpc) is 3.09. The van der Waals surface area contributed by atoms with Gasteiger partial charge < -0.3 is 4.52 Å². The number of aryl methyl sites for hydroxylation is 1. The van der Waals surface area contributed by atoms with E-state index < -0.39 is 10.0 Å².